The number of aromatic nitrogens is 1. The van der Waals surface area contributed by atoms with Gasteiger partial charge < -0.3 is 10.4 Å². The molecule has 2 N–H and O–H groups in total. The number of carbonyl (C=O) groups is 1. The first-order chi connectivity index (χ1) is 8.70. The van der Waals surface area contributed by atoms with Gasteiger partial charge in [0, 0.05) is 0 Å². The first kappa shape index (κ1) is 12.7. The molecule has 0 saturated carbocycles. The molecule has 4 nitrogen and oxygen atoms in total. The molecule has 0 aliphatic rings. The maximum atomic E-state index is 11.9. The van der Waals surface area contributed by atoms with Gasteiger partial charge in [-0.2, -0.15) is 0 Å². The van der Waals surface area contributed by atoms with Crippen LogP contribution in [0.15, 0.2) is 36.5 Å². The summed E-state index contributed by atoms with van der Waals surface area (Å²) >= 11 is 1.34. The lowest BCUT2D eigenvalue weighted by atomic mass is 10.1. The number of nitrogens with zero attached hydrogens (tertiary/aromatic N) is 1. The third-order valence-electron chi connectivity index (χ3n) is 2.53. The minimum atomic E-state index is -0.388. The van der Waals surface area contributed by atoms with E-state index in [2.05, 4.69) is 10.3 Å². The van der Waals surface area contributed by atoms with E-state index in [0.717, 1.165) is 10.6 Å². The van der Waals surface area contributed by atoms with Crippen molar-refractivity contribution >= 4 is 17.2 Å². The molecule has 1 aromatic heterocycles. The zero-order valence-corrected chi connectivity index (χ0v) is 10.8. The topological polar surface area (TPSA) is 62.2 Å². The molecule has 18 heavy (non-hydrogen) atoms. The second-order valence-electron chi connectivity index (χ2n) is 3.86. The molecule has 0 aliphatic carbocycles. The van der Waals surface area contributed by atoms with Crippen LogP contribution in [0.25, 0.3) is 0 Å². The molecule has 2 aromatic rings. The molecule has 1 atom stereocenters. The van der Waals surface area contributed by atoms with Crippen molar-refractivity contribution in [3.05, 3.63) is 52.0 Å². The van der Waals surface area contributed by atoms with E-state index in [0.29, 0.717) is 4.88 Å². The number of aliphatic hydroxyl groups is 1. The van der Waals surface area contributed by atoms with Crippen LogP contribution in [0.2, 0.25) is 0 Å². The average molecular weight is 262 g/mol. The highest BCUT2D eigenvalue weighted by Gasteiger charge is 2.16. The summed E-state index contributed by atoms with van der Waals surface area (Å²) in [6.07, 6.45) is 1.55. The number of thiazole rings is 1. The second-order valence-corrected chi connectivity index (χ2v) is 5.10. The minimum Gasteiger partial charge on any atom is -0.394 e. The molecule has 94 valence electrons. The molecule has 0 spiro atoms. The Morgan fingerprint density at radius 1 is 1.44 bits per heavy atom. The summed E-state index contributed by atoms with van der Waals surface area (Å²) < 4.78 is 0. The van der Waals surface area contributed by atoms with Gasteiger partial charge in [0.05, 0.1) is 23.9 Å². The van der Waals surface area contributed by atoms with Gasteiger partial charge in [-0.15, -0.1) is 11.3 Å². The summed E-state index contributed by atoms with van der Waals surface area (Å²) in [6, 6.07) is 9.01. The fourth-order valence-electron chi connectivity index (χ4n) is 1.62. The van der Waals surface area contributed by atoms with E-state index in [4.69, 9.17) is 0 Å². The predicted octanol–water partition coefficient (Wildman–Crippen LogP) is 1.91. The summed E-state index contributed by atoms with van der Waals surface area (Å²) in [5.74, 6) is -0.205. The number of rotatable bonds is 4. The van der Waals surface area contributed by atoms with Gasteiger partial charge in [0.25, 0.3) is 5.91 Å². The minimum absolute atomic E-state index is 0.131. The number of hydrogen-bond donors (Lipinski definition) is 2. The van der Waals surface area contributed by atoms with Crippen LogP contribution in [0, 0.1) is 6.92 Å². The highest BCUT2D eigenvalue weighted by atomic mass is 32.1. The Hall–Kier alpha value is -1.72. The molecule has 0 bridgehead atoms. The van der Waals surface area contributed by atoms with Gasteiger partial charge in [0.15, 0.2) is 0 Å². The van der Waals surface area contributed by atoms with Crippen LogP contribution < -0.4 is 5.32 Å². The molecule has 0 aliphatic heterocycles. The maximum absolute atomic E-state index is 11.9. The van der Waals surface area contributed by atoms with Crippen molar-refractivity contribution in [2.45, 2.75) is 13.0 Å². The lowest BCUT2D eigenvalue weighted by Crippen LogP contribution is -2.30. The Kier molecular flexibility index (Phi) is 4.07. The predicted molar refractivity (Wildman–Crippen MR) is 70.6 cm³/mol. The van der Waals surface area contributed by atoms with E-state index in [1.54, 1.807) is 6.20 Å². The smallest absolute Gasteiger partial charge is 0.263 e. The summed E-state index contributed by atoms with van der Waals surface area (Å²) in [5.41, 5.74) is 0.884. The molecular formula is C13H14N2O2S. The largest absolute Gasteiger partial charge is 0.394 e. The van der Waals surface area contributed by atoms with Crippen molar-refractivity contribution in [2.75, 3.05) is 6.61 Å². The molecule has 5 heteroatoms. The van der Waals surface area contributed by atoms with E-state index in [-0.39, 0.29) is 18.6 Å². The van der Waals surface area contributed by atoms with Crippen molar-refractivity contribution in [3.63, 3.8) is 0 Å². The van der Waals surface area contributed by atoms with Crippen molar-refractivity contribution in [1.82, 2.24) is 10.3 Å². The van der Waals surface area contributed by atoms with E-state index >= 15 is 0 Å². The van der Waals surface area contributed by atoms with Crippen molar-refractivity contribution < 1.29 is 9.90 Å². The molecule has 0 saturated heterocycles. The summed E-state index contributed by atoms with van der Waals surface area (Å²) in [4.78, 5) is 16.5. The van der Waals surface area contributed by atoms with Crippen LogP contribution in [0.3, 0.4) is 0 Å². The zero-order valence-electron chi connectivity index (χ0n) is 9.96. The van der Waals surface area contributed by atoms with Gasteiger partial charge >= 0.3 is 0 Å². The second kappa shape index (κ2) is 5.75. The molecule has 0 fully saturated rings. The van der Waals surface area contributed by atoms with E-state index in [1.807, 2.05) is 37.3 Å². The van der Waals surface area contributed by atoms with Crippen molar-refractivity contribution in [3.8, 4) is 0 Å². The number of aliphatic hydroxyl groups excluding tert-OH is 1. The molecule has 1 amide bonds. The Balaban J connectivity index is 2.10. The number of amides is 1. The van der Waals surface area contributed by atoms with Crippen LogP contribution in [0.4, 0.5) is 0 Å². The number of carbonyl (C=O) groups excluding carboxylic acids is 1. The van der Waals surface area contributed by atoms with Crippen LogP contribution >= 0.6 is 11.3 Å². The SMILES string of the molecule is Cc1ncc(C(=O)N[C@@H](CO)c2ccccc2)s1. The highest BCUT2D eigenvalue weighted by molar-refractivity contribution is 7.13. The van der Waals surface area contributed by atoms with Gasteiger partial charge in [-0.3, -0.25) is 4.79 Å². The fraction of sp³-hybridized carbons (Fsp3) is 0.231. The Bertz CT molecular complexity index is 525. The first-order valence-corrected chi connectivity index (χ1v) is 6.41. The molecule has 0 radical (unpaired) electrons. The van der Waals surface area contributed by atoms with Crippen molar-refractivity contribution in [2.24, 2.45) is 0 Å². The summed E-state index contributed by atoms with van der Waals surface area (Å²) in [5, 5.41) is 13.0. The normalized spacial score (nSPS) is 12.1. The maximum Gasteiger partial charge on any atom is 0.263 e. The quantitative estimate of drug-likeness (QED) is 0.884. The monoisotopic (exact) mass is 262 g/mol. The summed E-state index contributed by atoms with van der Waals surface area (Å²) in [7, 11) is 0. The number of hydrogen-bond acceptors (Lipinski definition) is 4. The van der Waals surface area contributed by atoms with Gasteiger partial charge in [-0.1, -0.05) is 30.3 Å². The summed E-state index contributed by atoms with van der Waals surface area (Å²) in [6.45, 7) is 1.72. The molecule has 0 unspecified atom stereocenters. The van der Waals surface area contributed by atoms with Crippen LogP contribution in [-0.4, -0.2) is 22.6 Å². The lowest BCUT2D eigenvalue weighted by Gasteiger charge is -2.15. The third kappa shape index (κ3) is 2.94. The first-order valence-electron chi connectivity index (χ1n) is 5.60. The molecule has 1 heterocycles. The highest BCUT2D eigenvalue weighted by Crippen LogP contribution is 2.15. The van der Waals surface area contributed by atoms with Crippen LogP contribution in [0.5, 0.6) is 0 Å². The average Bonchev–Trinajstić information content (AvgIpc) is 2.83. The van der Waals surface area contributed by atoms with Gasteiger partial charge in [-0.05, 0) is 12.5 Å². The third-order valence-corrected chi connectivity index (χ3v) is 3.45. The fourth-order valence-corrected chi connectivity index (χ4v) is 2.30. The van der Waals surface area contributed by atoms with E-state index in [1.165, 1.54) is 11.3 Å². The Morgan fingerprint density at radius 3 is 2.72 bits per heavy atom. The van der Waals surface area contributed by atoms with Gasteiger partial charge in [0.2, 0.25) is 0 Å². The molecule has 2 rings (SSSR count). The lowest BCUT2D eigenvalue weighted by molar-refractivity contribution is 0.0920. The number of aryl methyl sites for hydroxylation is 1. The van der Waals surface area contributed by atoms with E-state index < -0.39 is 0 Å². The number of nitrogens with one attached hydrogen (secondary N) is 1. The zero-order chi connectivity index (χ0) is 13.0. The van der Waals surface area contributed by atoms with Crippen LogP contribution in [-0.2, 0) is 0 Å². The molecule has 1 aromatic carbocycles. The van der Waals surface area contributed by atoms with Crippen LogP contribution in [0.1, 0.15) is 26.3 Å². The van der Waals surface area contributed by atoms with E-state index in [9.17, 15) is 9.90 Å². The van der Waals surface area contributed by atoms with Gasteiger partial charge in [-0.25, -0.2) is 4.98 Å². The molecular weight excluding hydrogens is 248 g/mol. The number of benzene rings is 1. The Labute approximate surface area is 109 Å². The standard InChI is InChI=1S/C13H14N2O2S/c1-9-14-7-12(18-9)13(17)15-11(8-16)10-5-3-2-4-6-10/h2-7,11,16H,8H2,1H3,(H,15,17)/t11-/m0/s1. The van der Waals surface area contributed by atoms with Gasteiger partial charge in [0.1, 0.15) is 4.88 Å². The Morgan fingerprint density at radius 2 is 2.17 bits per heavy atom. The van der Waals surface area contributed by atoms with Crippen molar-refractivity contribution in [1.29, 1.82) is 0 Å².